The summed E-state index contributed by atoms with van der Waals surface area (Å²) in [6, 6.07) is 63.7. The summed E-state index contributed by atoms with van der Waals surface area (Å²) in [7, 11) is 0. The summed E-state index contributed by atoms with van der Waals surface area (Å²) in [5.41, 5.74) is 14.3. The number of rotatable bonds is 7. The minimum absolute atomic E-state index is 0.311. The smallest absolute Gasteiger partial charge is 0.164 e. The SMILES string of the molecule is Cc1cccc(-c2ccc3c(c2)c2cc(-c4cccc(C)c4)ccc2n3-c2ccc(-c3cccc(F)c3)c(-c3nc(-c4ccccc4)nc(-c4ccccc4)n3)c2)c1. The van der Waals surface area contributed by atoms with Gasteiger partial charge in [0.1, 0.15) is 5.82 Å². The van der Waals surface area contributed by atoms with Crippen LogP contribution < -0.4 is 0 Å². The molecule has 0 bridgehead atoms. The number of halogens is 1. The lowest BCUT2D eigenvalue weighted by Crippen LogP contribution is -2.02. The zero-order valence-electron chi connectivity index (χ0n) is 32.1. The summed E-state index contributed by atoms with van der Waals surface area (Å²) in [6.45, 7) is 4.26. The number of benzene rings is 8. The van der Waals surface area contributed by atoms with Gasteiger partial charge in [0.2, 0.25) is 0 Å². The minimum atomic E-state index is -0.311. The maximum Gasteiger partial charge on any atom is 0.164 e. The van der Waals surface area contributed by atoms with Crippen LogP contribution in [-0.2, 0) is 0 Å². The highest BCUT2D eigenvalue weighted by molar-refractivity contribution is 6.12. The van der Waals surface area contributed by atoms with Crippen LogP contribution in [0.5, 0.6) is 0 Å². The number of hydrogen-bond donors (Lipinski definition) is 0. The highest BCUT2D eigenvalue weighted by atomic mass is 19.1. The molecule has 0 unspecified atom stereocenters. The molecular weight excluding hydrogens is 712 g/mol. The Morgan fingerprint density at radius 1 is 0.362 bits per heavy atom. The number of hydrogen-bond acceptors (Lipinski definition) is 3. The molecule has 0 saturated heterocycles. The van der Waals surface area contributed by atoms with E-state index in [0.717, 1.165) is 66.4 Å². The summed E-state index contributed by atoms with van der Waals surface area (Å²) in [6.07, 6.45) is 0. The van der Waals surface area contributed by atoms with Crippen molar-refractivity contribution in [3.63, 3.8) is 0 Å². The fraction of sp³-hybridized carbons (Fsp3) is 0.0377. The average molecular weight is 749 g/mol. The van der Waals surface area contributed by atoms with Gasteiger partial charge in [-0.3, -0.25) is 0 Å². The third-order valence-corrected chi connectivity index (χ3v) is 10.8. The lowest BCUT2D eigenvalue weighted by Gasteiger charge is -2.16. The second kappa shape index (κ2) is 14.5. The second-order valence-electron chi connectivity index (χ2n) is 14.8. The van der Waals surface area contributed by atoms with Gasteiger partial charge >= 0.3 is 0 Å². The molecule has 0 fully saturated rings. The normalized spacial score (nSPS) is 11.4. The van der Waals surface area contributed by atoms with Crippen LogP contribution in [0.4, 0.5) is 4.39 Å². The fourth-order valence-corrected chi connectivity index (χ4v) is 8.00. The van der Waals surface area contributed by atoms with Gasteiger partial charge < -0.3 is 4.57 Å². The fourth-order valence-electron chi connectivity index (χ4n) is 8.00. The van der Waals surface area contributed by atoms with Crippen LogP contribution in [0.25, 0.3) is 95.0 Å². The van der Waals surface area contributed by atoms with Crippen LogP contribution in [0, 0.1) is 19.7 Å². The third kappa shape index (κ3) is 6.53. The largest absolute Gasteiger partial charge is 0.309 e. The van der Waals surface area contributed by atoms with Crippen LogP contribution in [0.1, 0.15) is 11.1 Å². The van der Waals surface area contributed by atoms with E-state index in [9.17, 15) is 4.39 Å². The van der Waals surface area contributed by atoms with E-state index in [1.54, 1.807) is 12.1 Å². The molecule has 10 rings (SSSR count). The van der Waals surface area contributed by atoms with Crippen molar-refractivity contribution in [3.05, 3.63) is 205 Å². The van der Waals surface area contributed by atoms with Crippen LogP contribution in [0.15, 0.2) is 188 Å². The molecule has 2 aromatic heterocycles. The first-order valence-corrected chi connectivity index (χ1v) is 19.5. The van der Waals surface area contributed by atoms with Crippen molar-refractivity contribution in [2.45, 2.75) is 13.8 Å². The van der Waals surface area contributed by atoms with Gasteiger partial charge in [-0.15, -0.1) is 0 Å². The lowest BCUT2D eigenvalue weighted by molar-refractivity contribution is 0.628. The molecule has 0 spiro atoms. The first kappa shape index (κ1) is 35.0. The predicted octanol–water partition coefficient (Wildman–Crippen LogP) is 13.7. The molecular formula is C53H37FN4. The van der Waals surface area contributed by atoms with Gasteiger partial charge in [-0.1, -0.05) is 151 Å². The second-order valence-corrected chi connectivity index (χ2v) is 14.8. The zero-order valence-corrected chi connectivity index (χ0v) is 32.1. The van der Waals surface area contributed by atoms with Crippen LogP contribution >= 0.6 is 0 Å². The van der Waals surface area contributed by atoms with Gasteiger partial charge in [-0.05, 0) is 95.8 Å². The lowest BCUT2D eigenvalue weighted by atomic mass is 9.98. The van der Waals surface area contributed by atoms with Gasteiger partial charge in [-0.2, -0.15) is 0 Å². The molecule has 10 aromatic rings. The van der Waals surface area contributed by atoms with Crippen molar-refractivity contribution in [1.82, 2.24) is 19.5 Å². The van der Waals surface area contributed by atoms with Gasteiger partial charge in [-0.25, -0.2) is 19.3 Å². The molecule has 0 atom stereocenters. The topological polar surface area (TPSA) is 43.6 Å². The monoisotopic (exact) mass is 748 g/mol. The quantitative estimate of drug-likeness (QED) is 0.163. The van der Waals surface area contributed by atoms with E-state index in [4.69, 9.17) is 15.0 Å². The van der Waals surface area contributed by atoms with E-state index in [-0.39, 0.29) is 5.82 Å². The van der Waals surface area contributed by atoms with Gasteiger partial charge in [0.25, 0.3) is 0 Å². The zero-order chi connectivity index (χ0) is 39.2. The summed E-state index contributed by atoms with van der Waals surface area (Å²) < 4.78 is 17.2. The van der Waals surface area contributed by atoms with Crippen molar-refractivity contribution in [1.29, 1.82) is 0 Å². The van der Waals surface area contributed by atoms with Gasteiger partial charge in [0, 0.05) is 33.2 Å². The molecule has 58 heavy (non-hydrogen) atoms. The Bertz CT molecular complexity index is 2990. The maximum atomic E-state index is 14.9. The molecule has 0 aliphatic carbocycles. The number of fused-ring (bicyclic) bond motifs is 3. The third-order valence-electron chi connectivity index (χ3n) is 10.8. The number of aromatic nitrogens is 4. The maximum absolute atomic E-state index is 14.9. The van der Waals surface area contributed by atoms with Crippen molar-refractivity contribution in [2.24, 2.45) is 0 Å². The predicted molar refractivity (Wildman–Crippen MR) is 236 cm³/mol. The van der Waals surface area contributed by atoms with E-state index >= 15 is 0 Å². The van der Waals surface area contributed by atoms with Crippen LogP contribution in [0.2, 0.25) is 0 Å². The van der Waals surface area contributed by atoms with E-state index in [2.05, 4.69) is 122 Å². The molecule has 5 heteroatoms. The Hall–Kier alpha value is -7.50. The van der Waals surface area contributed by atoms with E-state index in [0.29, 0.717) is 17.5 Å². The number of nitrogens with zero attached hydrogens (tertiary/aromatic N) is 4. The first-order valence-electron chi connectivity index (χ1n) is 19.5. The van der Waals surface area contributed by atoms with Crippen molar-refractivity contribution >= 4 is 21.8 Å². The Balaban J connectivity index is 1.24. The summed E-state index contributed by atoms with van der Waals surface area (Å²) in [4.78, 5) is 15.2. The van der Waals surface area contributed by atoms with Gasteiger partial charge in [0.15, 0.2) is 17.5 Å². The van der Waals surface area contributed by atoms with Crippen molar-refractivity contribution in [3.8, 4) is 73.2 Å². The molecule has 0 aliphatic rings. The Labute approximate surface area is 336 Å². The van der Waals surface area contributed by atoms with E-state index < -0.39 is 0 Å². The Morgan fingerprint density at radius 3 is 1.38 bits per heavy atom. The van der Waals surface area contributed by atoms with E-state index in [1.807, 2.05) is 66.7 Å². The molecule has 0 radical (unpaired) electrons. The molecule has 0 N–H and O–H groups in total. The van der Waals surface area contributed by atoms with Crippen molar-refractivity contribution < 1.29 is 4.39 Å². The molecule has 8 aromatic carbocycles. The summed E-state index contributed by atoms with van der Waals surface area (Å²) in [5.74, 6) is 1.31. The summed E-state index contributed by atoms with van der Waals surface area (Å²) >= 11 is 0. The molecule has 276 valence electrons. The Kier molecular flexibility index (Phi) is 8.76. The highest BCUT2D eigenvalue weighted by Gasteiger charge is 2.20. The Morgan fingerprint density at radius 2 is 0.845 bits per heavy atom. The van der Waals surface area contributed by atoms with E-state index in [1.165, 1.54) is 28.3 Å². The molecule has 0 amide bonds. The molecule has 2 heterocycles. The number of aryl methyl sites for hydroxylation is 2. The van der Waals surface area contributed by atoms with Crippen molar-refractivity contribution in [2.75, 3.05) is 0 Å². The van der Waals surface area contributed by atoms with Crippen LogP contribution in [0.3, 0.4) is 0 Å². The minimum Gasteiger partial charge on any atom is -0.309 e. The van der Waals surface area contributed by atoms with Gasteiger partial charge in [0.05, 0.1) is 11.0 Å². The molecule has 0 aliphatic heterocycles. The standard InChI is InChI=1S/C53H37FN4/c1-34-12-9-18-38(28-34)40-22-26-49-46(31-40)47-32-41(39-19-10-13-35(2)29-39)23-27-50(47)58(49)44-24-25-45(42-20-11-21-43(54)30-42)48(33-44)53-56-51(36-14-5-3-6-15-36)55-52(57-53)37-16-7-4-8-17-37/h3-33H,1-2H3. The molecule has 0 saturated carbocycles. The average Bonchev–Trinajstić information content (AvgIpc) is 3.59. The highest BCUT2D eigenvalue weighted by Crippen LogP contribution is 2.40. The first-order chi connectivity index (χ1) is 28.4. The summed E-state index contributed by atoms with van der Waals surface area (Å²) in [5, 5.41) is 2.30. The molecule has 4 nitrogen and oxygen atoms in total. The van der Waals surface area contributed by atoms with Crippen LogP contribution in [-0.4, -0.2) is 19.5 Å².